The number of aromatic amines is 1. The molecule has 34 heavy (non-hydrogen) atoms. The third kappa shape index (κ3) is 3.54. The van der Waals surface area contributed by atoms with Crippen LogP contribution in [0.25, 0.3) is 38.6 Å². The van der Waals surface area contributed by atoms with Crippen molar-refractivity contribution in [2.75, 3.05) is 13.7 Å². The number of benzene rings is 3. The first-order chi connectivity index (χ1) is 16.3. The molecule has 0 spiro atoms. The Hall–Kier alpha value is -3.97. The standard InChI is InChI=1S/C27H25FN4O2/c1-27(2,15-34-3)25-24(16-4-6-17(7-5-16)26(29)33)21-13-22-18(14-30-31-22)12-23(21)32(25)20-10-8-19(28)9-11-20/h4-14H,15H2,1-3H3,(H2,29,33)(H,30,31). The predicted octanol–water partition coefficient (Wildman–Crippen LogP) is 5.34. The average molecular weight is 457 g/mol. The molecule has 0 fully saturated rings. The minimum atomic E-state index is -0.473. The van der Waals surface area contributed by atoms with E-state index in [2.05, 4.69) is 40.7 Å². The average Bonchev–Trinajstić information content (AvgIpc) is 3.40. The van der Waals surface area contributed by atoms with Gasteiger partial charge in [0.05, 0.1) is 23.8 Å². The van der Waals surface area contributed by atoms with Crippen LogP contribution < -0.4 is 5.73 Å². The smallest absolute Gasteiger partial charge is 0.248 e. The highest BCUT2D eigenvalue weighted by Crippen LogP contribution is 2.44. The number of hydrogen-bond acceptors (Lipinski definition) is 3. The molecule has 2 aromatic heterocycles. The lowest BCUT2D eigenvalue weighted by atomic mass is 9.84. The van der Waals surface area contributed by atoms with Crippen LogP contribution in [0.2, 0.25) is 0 Å². The van der Waals surface area contributed by atoms with Crippen molar-refractivity contribution < 1.29 is 13.9 Å². The molecule has 6 nitrogen and oxygen atoms in total. The van der Waals surface area contributed by atoms with Crippen molar-refractivity contribution in [3.05, 3.63) is 83.9 Å². The van der Waals surface area contributed by atoms with Crippen LogP contribution in [0.1, 0.15) is 29.9 Å². The first kappa shape index (κ1) is 21.9. The van der Waals surface area contributed by atoms with Crippen LogP contribution in [0.15, 0.2) is 66.9 Å². The maximum Gasteiger partial charge on any atom is 0.248 e. The van der Waals surface area contributed by atoms with Gasteiger partial charge in [-0.3, -0.25) is 9.89 Å². The van der Waals surface area contributed by atoms with Crippen molar-refractivity contribution in [2.45, 2.75) is 19.3 Å². The van der Waals surface area contributed by atoms with Gasteiger partial charge in [0.15, 0.2) is 0 Å². The largest absolute Gasteiger partial charge is 0.384 e. The van der Waals surface area contributed by atoms with Crippen LogP contribution in [0, 0.1) is 5.82 Å². The van der Waals surface area contributed by atoms with Crippen LogP contribution in [0.3, 0.4) is 0 Å². The number of primary amides is 1. The number of ether oxygens (including phenoxy) is 1. The monoisotopic (exact) mass is 456 g/mol. The highest BCUT2D eigenvalue weighted by molar-refractivity contribution is 6.06. The Balaban J connectivity index is 1.93. The molecule has 5 rings (SSSR count). The molecule has 0 radical (unpaired) electrons. The van der Waals surface area contributed by atoms with Gasteiger partial charge in [-0.05, 0) is 54.1 Å². The Morgan fingerprint density at radius 2 is 1.82 bits per heavy atom. The van der Waals surface area contributed by atoms with Crippen molar-refractivity contribution in [3.63, 3.8) is 0 Å². The summed E-state index contributed by atoms with van der Waals surface area (Å²) < 4.78 is 21.6. The molecular formula is C27H25FN4O2. The number of rotatable bonds is 6. The molecule has 7 heteroatoms. The van der Waals surface area contributed by atoms with E-state index < -0.39 is 11.3 Å². The molecule has 3 N–H and O–H groups in total. The zero-order valence-electron chi connectivity index (χ0n) is 19.2. The lowest BCUT2D eigenvalue weighted by Gasteiger charge is -2.28. The van der Waals surface area contributed by atoms with Crippen molar-refractivity contribution in [3.8, 4) is 16.8 Å². The second kappa shape index (κ2) is 8.11. The third-order valence-electron chi connectivity index (χ3n) is 6.22. The minimum Gasteiger partial charge on any atom is -0.384 e. The highest BCUT2D eigenvalue weighted by atomic mass is 19.1. The number of amides is 1. The van der Waals surface area contributed by atoms with E-state index in [9.17, 15) is 9.18 Å². The van der Waals surface area contributed by atoms with Crippen molar-refractivity contribution >= 4 is 27.7 Å². The molecule has 3 aromatic carbocycles. The van der Waals surface area contributed by atoms with E-state index in [1.807, 2.05) is 12.1 Å². The second-order valence-electron chi connectivity index (χ2n) is 9.12. The van der Waals surface area contributed by atoms with Crippen LogP contribution in [-0.4, -0.2) is 34.4 Å². The molecule has 0 saturated carbocycles. The van der Waals surface area contributed by atoms with Gasteiger partial charge in [-0.2, -0.15) is 5.10 Å². The Bertz CT molecular complexity index is 1510. The molecular weight excluding hydrogens is 431 g/mol. The fourth-order valence-corrected chi connectivity index (χ4v) is 4.75. The molecule has 0 unspecified atom stereocenters. The van der Waals surface area contributed by atoms with Crippen molar-refractivity contribution in [2.24, 2.45) is 5.73 Å². The summed E-state index contributed by atoms with van der Waals surface area (Å²) in [6.45, 7) is 4.72. The van der Waals surface area contributed by atoms with Gasteiger partial charge < -0.3 is 15.0 Å². The number of methoxy groups -OCH3 is 1. The van der Waals surface area contributed by atoms with Gasteiger partial charge >= 0.3 is 0 Å². The number of nitrogens with zero attached hydrogens (tertiary/aromatic N) is 2. The maximum absolute atomic E-state index is 13.8. The number of aromatic nitrogens is 3. The first-order valence-electron chi connectivity index (χ1n) is 11.0. The van der Waals surface area contributed by atoms with Gasteiger partial charge in [0.1, 0.15) is 5.82 Å². The summed E-state index contributed by atoms with van der Waals surface area (Å²) in [4.78, 5) is 11.7. The Morgan fingerprint density at radius 3 is 2.47 bits per heavy atom. The number of halogens is 1. The number of carbonyl (C=O) groups is 1. The summed E-state index contributed by atoms with van der Waals surface area (Å²) >= 11 is 0. The molecule has 2 heterocycles. The third-order valence-corrected chi connectivity index (χ3v) is 6.22. The van der Waals surface area contributed by atoms with Gasteiger partial charge in [0.2, 0.25) is 5.91 Å². The summed E-state index contributed by atoms with van der Waals surface area (Å²) in [6.07, 6.45) is 1.79. The SMILES string of the molecule is COCC(C)(C)c1c(-c2ccc(C(N)=O)cc2)c2cc3[nH]ncc3cc2n1-c1ccc(F)cc1. The molecule has 0 atom stereocenters. The summed E-state index contributed by atoms with van der Waals surface area (Å²) in [6, 6.07) is 18.0. The molecule has 0 saturated heterocycles. The molecule has 0 aliphatic rings. The topological polar surface area (TPSA) is 85.9 Å². The van der Waals surface area contributed by atoms with Gasteiger partial charge in [-0.1, -0.05) is 26.0 Å². The zero-order chi connectivity index (χ0) is 24.0. The Kier molecular flexibility index (Phi) is 5.21. The lowest BCUT2D eigenvalue weighted by molar-refractivity contribution is 0.100. The van der Waals surface area contributed by atoms with E-state index in [0.29, 0.717) is 12.2 Å². The van der Waals surface area contributed by atoms with E-state index in [-0.39, 0.29) is 5.82 Å². The highest BCUT2D eigenvalue weighted by Gasteiger charge is 2.32. The van der Waals surface area contributed by atoms with E-state index in [4.69, 9.17) is 10.5 Å². The van der Waals surface area contributed by atoms with Crippen molar-refractivity contribution in [1.29, 1.82) is 0 Å². The molecule has 172 valence electrons. The van der Waals surface area contributed by atoms with Crippen LogP contribution in [0.5, 0.6) is 0 Å². The summed E-state index contributed by atoms with van der Waals surface area (Å²) in [5, 5.41) is 9.24. The van der Waals surface area contributed by atoms with E-state index in [1.54, 1.807) is 37.6 Å². The molecule has 0 aliphatic heterocycles. The van der Waals surface area contributed by atoms with E-state index in [0.717, 1.165) is 44.3 Å². The van der Waals surface area contributed by atoms with Gasteiger partial charge in [0.25, 0.3) is 0 Å². The van der Waals surface area contributed by atoms with Crippen LogP contribution >= 0.6 is 0 Å². The number of carbonyl (C=O) groups excluding carboxylic acids is 1. The maximum atomic E-state index is 13.8. The lowest BCUT2D eigenvalue weighted by Crippen LogP contribution is -2.27. The Morgan fingerprint density at radius 1 is 1.12 bits per heavy atom. The van der Waals surface area contributed by atoms with Gasteiger partial charge in [-0.15, -0.1) is 0 Å². The van der Waals surface area contributed by atoms with Crippen molar-refractivity contribution in [1.82, 2.24) is 14.8 Å². The normalized spacial score (nSPS) is 12.0. The number of nitrogens with one attached hydrogen (secondary N) is 1. The number of nitrogens with two attached hydrogens (primary N) is 1. The number of hydrogen-bond donors (Lipinski definition) is 2. The van der Waals surface area contributed by atoms with Gasteiger partial charge in [-0.25, -0.2) is 4.39 Å². The molecule has 5 aromatic rings. The first-order valence-corrected chi connectivity index (χ1v) is 11.0. The minimum absolute atomic E-state index is 0.294. The zero-order valence-corrected chi connectivity index (χ0v) is 19.2. The quantitative estimate of drug-likeness (QED) is 0.362. The van der Waals surface area contributed by atoms with Crippen LogP contribution in [-0.2, 0) is 10.2 Å². The summed E-state index contributed by atoms with van der Waals surface area (Å²) in [7, 11) is 1.68. The summed E-state index contributed by atoms with van der Waals surface area (Å²) in [5.74, 6) is -0.767. The van der Waals surface area contributed by atoms with Crippen LogP contribution in [0.4, 0.5) is 4.39 Å². The number of fused-ring (bicyclic) bond motifs is 2. The fourth-order valence-electron chi connectivity index (χ4n) is 4.75. The second-order valence-corrected chi connectivity index (χ2v) is 9.12. The van der Waals surface area contributed by atoms with Gasteiger partial charge in [0, 0.05) is 45.8 Å². The number of H-pyrrole nitrogens is 1. The molecule has 0 aliphatic carbocycles. The molecule has 1 amide bonds. The Labute approximate surface area is 196 Å². The van der Waals surface area contributed by atoms with E-state index in [1.165, 1.54) is 12.1 Å². The predicted molar refractivity (Wildman–Crippen MR) is 132 cm³/mol. The fraction of sp³-hybridized carbons (Fsp3) is 0.185. The molecule has 0 bridgehead atoms. The van der Waals surface area contributed by atoms with E-state index >= 15 is 0 Å². The summed E-state index contributed by atoms with van der Waals surface area (Å²) in [5.41, 5.74) is 11.2.